The second-order valence-corrected chi connectivity index (χ2v) is 5.88. The summed E-state index contributed by atoms with van der Waals surface area (Å²) < 4.78 is 28.5. The normalized spacial score (nSPS) is 11.7. The number of nitrogens with zero attached hydrogens (tertiary/aromatic N) is 3. The lowest BCUT2D eigenvalue weighted by atomic mass is 10.3. The van der Waals surface area contributed by atoms with Gasteiger partial charge < -0.3 is 5.11 Å². The van der Waals surface area contributed by atoms with Crippen LogP contribution in [0, 0.1) is 0 Å². The molecule has 0 saturated carbocycles. The Labute approximate surface area is 112 Å². The van der Waals surface area contributed by atoms with Gasteiger partial charge in [-0.15, -0.1) is 0 Å². The molecule has 9 heteroatoms. The predicted octanol–water partition coefficient (Wildman–Crippen LogP) is 0.356. The molecule has 1 heterocycles. The van der Waals surface area contributed by atoms with E-state index in [-0.39, 0.29) is 12.2 Å². The van der Waals surface area contributed by atoms with E-state index < -0.39 is 16.2 Å². The van der Waals surface area contributed by atoms with Gasteiger partial charge in [0.25, 0.3) is 0 Å². The van der Waals surface area contributed by atoms with Crippen molar-refractivity contribution >= 4 is 21.9 Å². The number of aliphatic carboxylic acids is 1. The molecule has 0 aliphatic rings. The molecule has 0 aliphatic carbocycles. The number of hydrogen-bond donors (Lipinski definition) is 2. The van der Waals surface area contributed by atoms with Crippen molar-refractivity contribution in [3.05, 3.63) is 12.4 Å². The quantitative estimate of drug-likeness (QED) is 0.719. The first-order valence-corrected chi connectivity index (χ1v) is 7.27. The topological polar surface area (TPSA) is 105 Å². The summed E-state index contributed by atoms with van der Waals surface area (Å²) in [4.78, 5) is 10.5. The number of aromatic nitrogens is 2. The zero-order valence-electron chi connectivity index (χ0n) is 10.9. The van der Waals surface area contributed by atoms with Crippen LogP contribution >= 0.6 is 0 Å². The fourth-order valence-electron chi connectivity index (χ4n) is 1.37. The van der Waals surface area contributed by atoms with Gasteiger partial charge in [-0.1, -0.05) is 13.3 Å². The maximum atomic E-state index is 11.9. The van der Waals surface area contributed by atoms with Gasteiger partial charge in [-0.05, 0) is 6.42 Å². The van der Waals surface area contributed by atoms with Gasteiger partial charge in [0.1, 0.15) is 6.54 Å². The van der Waals surface area contributed by atoms with Crippen LogP contribution in [0.5, 0.6) is 0 Å². The van der Waals surface area contributed by atoms with Gasteiger partial charge in [0.05, 0.1) is 11.9 Å². The second-order valence-electron chi connectivity index (χ2n) is 4.10. The SMILES string of the molecule is CCCCN(C)S(=O)(=O)Nc1cnn(CC(=O)O)c1. The number of carboxylic acids is 1. The van der Waals surface area contributed by atoms with Crippen molar-refractivity contribution in [1.29, 1.82) is 0 Å². The summed E-state index contributed by atoms with van der Waals surface area (Å²) in [5.41, 5.74) is 0.240. The molecule has 0 saturated heterocycles. The van der Waals surface area contributed by atoms with Crippen molar-refractivity contribution in [1.82, 2.24) is 14.1 Å². The fraction of sp³-hybridized carbons (Fsp3) is 0.600. The van der Waals surface area contributed by atoms with E-state index in [1.54, 1.807) is 0 Å². The number of nitrogens with one attached hydrogen (secondary N) is 1. The summed E-state index contributed by atoms with van der Waals surface area (Å²) >= 11 is 0. The van der Waals surface area contributed by atoms with Gasteiger partial charge in [0.15, 0.2) is 0 Å². The molecule has 0 aliphatic heterocycles. The van der Waals surface area contributed by atoms with Crippen molar-refractivity contribution < 1.29 is 18.3 Å². The van der Waals surface area contributed by atoms with Crippen LogP contribution in [-0.4, -0.2) is 47.2 Å². The van der Waals surface area contributed by atoms with Gasteiger partial charge >= 0.3 is 16.2 Å². The molecular formula is C10H18N4O4S. The minimum Gasteiger partial charge on any atom is -0.480 e. The van der Waals surface area contributed by atoms with Crippen LogP contribution in [0.25, 0.3) is 0 Å². The Kier molecular flexibility index (Phi) is 5.31. The van der Waals surface area contributed by atoms with Gasteiger partial charge in [-0.2, -0.15) is 17.8 Å². The highest BCUT2D eigenvalue weighted by molar-refractivity contribution is 7.90. The van der Waals surface area contributed by atoms with E-state index in [1.165, 1.54) is 23.7 Å². The second kappa shape index (κ2) is 6.53. The highest BCUT2D eigenvalue weighted by Crippen LogP contribution is 2.10. The summed E-state index contributed by atoms with van der Waals surface area (Å²) in [7, 11) is -2.13. The summed E-state index contributed by atoms with van der Waals surface area (Å²) in [5, 5.41) is 12.3. The Morgan fingerprint density at radius 3 is 2.84 bits per heavy atom. The fourth-order valence-corrected chi connectivity index (χ4v) is 2.30. The molecule has 1 rings (SSSR count). The highest BCUT2D eigenvalue weighted by Gasteiger charge is 2.17. The third-order valence-corrected chi connectivity index (χ3v) is 3.91. The molecule has 0 amide bonds. The minimum atomic E-state index is -3.62. The molecule has 0 fully saturated rings. The monoisotopic (exact) mass is 290 g/mol. The predicted molar refractivity (Wildman–Crippen MR) is 69.9 cm³/mol. The zero-order valence-corrected chi connectivity index (χ0v) is 11.7. The standard InChI is InChI=1S/C10H18N4O4S/c1-3-4-5-13(2)19(17,18)12-9-6-11-14(7-9)8-10(15)16/h6-7,12H,3-5,8H2,1-2H3,(H,15,16). The van der Waals surface area contributed by atoms with Crippen molar-refractivity contribution in [2.45, 2.75) is 26.3 Å². The third-order valence-electron chi connectivity index (χ3n) is 2.41. The molecule has 1 aromatic heterocycles. The van der Waals surface area contributed by atoms with E-state index in [4.69, 9.17) is 5.11 Å². The molecule has 19 heavy (non-hydrogen) atoms. The van der Waals surface area contributed by atoms with Crippen LogP contribution < -0.4 is 4.72 Å². The molecule has 0 radical (unpaired) electrons. The maximum Gasteiger partial charge on any atom is 0.325 e. The molecule has 0 atom stereocenters. The summed E-state index contributed by atoms with van der Waals surface area (Å²) in [6, 6.07) is 0. The third kappa shape index (κ3) is 4.87. The van der Waals surface area contributed by atoms with Crippen LogP contribution in [-0.2, 0) is 21.5 Å². The minimum absolute atomic E-state index is 0.240. The molecule has 0 unspecified atom stereocenters. The average molecular weight is 290 g/mol. The lowest BCUT2D eigenvalue weighted by Gasteiger charge is -2.16. The zero-order chi connectivity index (χ0) is 14.5. The van der Waals surface area contributed by atoms with E-state index in [9.17, 15) is 13.2 Å². The largest absolute Gasteiger partial charge is 0.480 e. The number of carboxylic acid groups (broad SMARTS) is 1. The van der Waals surface area contributed by atoms with Crippen molar-refractivity contribution in [3.8, 4) is 0 Å². The number of anilines is 1. The van der Waals surface area contributed by atoms with Gasteiger partial charge in [-0.3, -0.25) is 14.2 Å². The molecule has 0 spiro atoms. The van der Waals surface area contributed by atoms with Crippen molar-refractivity contribution in [2.75, 3.05) is 18.3 Å². The average Bonchev–Trinajstić information content (AvgIpc) is 2.71. The first kappa shape index (κ1) is 15.4. The molecule has 8 nitrogen and oxygen atoms in total. The Balaban J connectivity index is 2.67. The first-order valence-electron chi connectivity index (χ1n) is 5.83. The van der Waals surface area contributed by atoms with E-state index >= 15 is 0 Å². The van der Waals surface area contributed by atoms with Crippen LogP contribution in [0.15, 0.2) is 12.4 Å². The smallest absolute Gasteiger partial charge is 0.325 e. The lowest BCUT2D eigenvalue weighted by Crippen LogP contribution is -2.33. The van der Waals surface area contributed by atoms with Crippen molar-refractivity contribution in [3.63, 3.8) is 0 Å². The molecule has 2 N–H and O–H groups in total. The maximum absolute atomic E-state index is 11.9. The number of carbonyl (C=O) groups is 1. The Hall–Kier alpha value is -1.61. The molecule has 0 bridgehead atoms. The molecule has 1 aromatic rings. The van der Waals surface area contributed by atoms with Crippen LogP contribution in [0.1, 0.15) is 19.8 Å². The van der Waals surface area contributed by atoms with Crippen LogP contribution in [0.4, 0.5) is 5.69 Å². The van der Waals surface area contributed by atoms with E-state index in [0.29, 0.717) is 6.54 Å². The van der Waals surface area contributed by atoms with Gasteiger partial charge in [0.2, 0.25) is 0 Å². The van der Waals surface area contributed by atoms with Gasteiger partial charge in [0, 0.05) is 19.8 Å². The van der Waals surface area contributed by atoms with E-state index in [2.05, 4.69) is 9.82 Å². The molecule has 108 valence electrons. The van der Waals surface area contributed by atoms with Crippen LogP contribution in [0.2, 0.25) is 0 Å². The first-order chi connectivity index (χ1) is 8.85. The summed E-state index contributed by atoms with van der Waals surface area (Å²) in [6.07, 6.45) is 4.28. The molecular weight excluding hydrogens is 272 g/mol. The van der Waals surface area contributed by atoms with E-state index in [0.717, 1.165) is 17.5 Å². The number of rotatable bonds is 8. The Morgan fingerprint density at radius 2 is 2.26 bits per heavy atom. The Morgan fingerprint density at radius 1 is 1.58 bits per heavy atom. The lowest BCUT2D eigenvalue weighted by molar-refractivity contribution is -0.137. The van der Waals surface area contributed by atoms with Gasteiger partial charge in [-0.25, -0.2) is 0 Å². The summed E-state index contributed by atoms with van der Waals surface area (Å²) in [5.74, 6) is -1.04. The van der Waals surface area contributed by atoms with Crippen molar-refractivity contribution in [2.24, 2.45) is 0 Å². The van der Waals surface area contributed by atoms with E-state index in [1.807, 2.05) is 6.92 Å². The molecule has 0 aromatic carbocycles. The number of hydrogen-bond acceptors (Lipinski definition) is 4. The number of unbranched alkanes of at least 4 members (excludes halogenated alkanes) is 1. The summed E-state index contributed by atoms with van der Waals surface area (Å²) in [6.45, 7) is 2.09. The van der Waals surface area contributed by atoms with Crippen LogP contribution in [0.3, 0.4) is 0 Å². The highest BCUT2D eigenvalue weighted by atomic mass is 32.2. The Bertz CT molecular complexity index is 525.